The summed E-state index contributed by atoms with van der Waals surface area (Å²) in [6.45, 7) is -0.481. The summed E-state index contributed by atoms with van der Waals surface area (Å²) in [5.74, 6) is -0.505. The van der Waals surface area contributed by atoms with Crippen LogP contribution < -0.4 is 10.1 Å². The Kier molecular flexibility index (Phi) is 5.31. The van der Waals surface area contributed by atoms with Crippen molar-refractivity contribution in [1.82, 2.24) is 0 Å². The summed E-state index contributed by atoms with van der Waals surface area (Å²) in [7, 11) is 0. The summed E-state index contributed by atoms with van der Waals surface area (Å²) >= 11 is 5.79. The Labute approximate surface area is 140 Å². The Morgan fingerprint density at radius 1 is 1.25 bits per heavy atom. The van der Waals surface area contributed by atoms with Crippen LogP contribution in [0.15, 0.2) is 42.5 Å². The van der Waals surface area contributed by atoms with Gasteiger partial charge in [0, 0.05) is 0 Å². The number of ether oxygens (including phenoxy) is 1. The van der Waals surface area contributed by atoms with Crippen LogP contribution in [-0.2, 0) is 11.0 Å². The molecule has 24 heavy (non-hydrogen) atoms. The van der Waals surface area contributed by atoms with Gasteiger partial charge in [0.1, 0.15) is 11.8 Å². The van der Waals surface area contributed by atoms with Gasteiger partial charge < -0.3 is 10.1 Å². The van der Waals surface area contributed by atoms with Crippen LogP contribution in [0.5, 0.6) is 5.75 Å². The maximum absolute atomic E-state index is 12.7. The van der Waals surface area contributed by atoms with Crippen molar-refractivity contribution >= 4 is 23.2 Å². The molecule has 2 aromatic carbocycles. The number of nitrogens with one attached hydrogen (secondary N) is 1. The second-order valence-electron chi connectivity index (χ2n) is 4.64. The first kappa shape index (κ1) is 17.6. The molecule has 124 valence electrons. The summed E-state index contributed by atoms with van der Waals surface area (Å²) in [5.41, 5.74) is -0.867. The molecule has 0 aliphatic carbocycles. The lowest BCUT2D eigenvalue weighted by Gasteiger charge is -2.12. The van der Waals surface area contributed by atoms with E-state index >= 15 is 0 Å². The molecular formula is C16H10ClF3N2O2. The molecule has 2 rings (SSSR count). The molecule has 0 aliphatic rings. The fraction of sp³-hybridized carbons (Fsp3) is 0.125. The number of hydrogen-bond donors (Lipinski definition) is 1. The van der Waals surface area contributed by atoms with Crippen molar-refractivity contribution in [1.29, 1.82) is 5.26 Å². The van der Waals surface area contributed by atoms with Crippen molar-refractivity contribution in [3.05, 3.63) is 58.6 Å². The summed E-state index contributed by atoms with van der Waals surface area (Å²) < 4.78 is 43.2. The van der Waals surface area contributed by atoms with E-state index in [9.17, 15) is 18.0 Å². The molecular weight excluding hydrogens is 345 g/mol. The summed E-state index contributed by atoms with van der Waals surface area (Å²) in [6.07, 6.45) is -4.55. The molecule has 0 saturated carbocycles. The lowest BCUT2D eigenvalue weighted by Crippen LogP contribution is -2.21. The SMILES string of the molecule is N#Cc1ccccc1OCC(=O)Nc1cc(C(F)(F)F)ccc1Cl. The summed E-state index contributed by atoms with van der Waals surface area (Å²) in [4.78, 5) is 11.8. The molecule has 0 heterocycles. The molecule has 0 atom stereocenters. The minimum Gasteiger partial charge on any atom is -0.482 e. The number of nitriles is 1. The van der Waals surface area contributed by atoms with Crippen molar-refractivity contribution in [3.63, 3.8) is 0 Å². The fourth-order valence-corrected chi connectivity index (χ4v) is 1.98. The van der Waals surface area contributed by atoms with Crippen LogP contribution in [0.3, 0.4) is 0 Å². The number of benzene rings is 2. The molecule has 0 radical (unpaired) electrons. The highest BCUT2D eigenvalue weighted by molar-refractivity contribution is 6.33. The van der Waals surface area contributed by atoms with Gasteiger partial charge in [-0.2, -0.15) is 18.4 Å². The fourth-order valence-electron chi connectivity index (χ4n) is 1.81. The van der Waals surface area contributed by atoms with Gasteiger partial charge in [0.15, 0.2) is 6.61 Å². The van der Waals surface area contributed by atoms with Crippen LogP contribution >= 0.6 is 11.6 Å². The predicted octanol–water partition coefficient (Wildman–Crippen LogP) is 4.25. The Hall–Kier alpha value is -2.72. The Balaban J connectivity index is 2.06. The van der Waals surface area contributed by atoms with Gasteiger partial charge in [-0.1, -0.05) is 23.7 Å². The van der Waals surface area contributed by atoms with Crippen molar-refractivity contribution in [2.75, 3.05) is 11.9 Å². The lowest BCUT2D eigenvalue weighted by atomic mass is 10.2. The standard InChI is InChI=1S/C16H10ClF3N2O2/c17-12-6-5-11(16(18,19)20)7-13(12)22-15(23)9-24-14-4-2-1-3-10(14)8-21/h1-7H,9H2,(H,22,23). The molecule has 8 heteroatoms. The van der Waals surface area contributed by atoms with Gasteiger partial charge in [0.2, 0.25) is 0 Å². The molecule has 0 unspecified atom stereocenters. The predicted molar refractivity (Wildman–Crippen MR) is 81.7 cm³/mol. The largest absolute Gasteiger partial charge is 0.482 e. The van der Waals surface area contributed by atoms with E-state index in [-0.39, 0.29) is 22.0 Å². The average Bonchev–Trinajstić information content (AvgIpc) is 2.54. The molecule has 0 aliphatic heterocycles. The van der Waals surface area contributed by atoms with Crippen molar-refractivity contribution < 1.29 is 22.7 Å². The van der Waals surface area contributed by atoms with Gasteiger partial charge in [-0.3, -0.25) is 4.79 Å². The highest BCUT2D eigenvalue weighted by Gasteiger charge is 2.31. The third-order valence-corrected chi connectivity index (χ3v) is 3.26. The van der Waals surface area contributed by atoms with Gasteiger partial charge in [-0.05, 0) is 30.3 Å². The monoisotopic (exact) mass is 354 g/mol. The zero-order valence-electron chi connectivity index (χ0n) is 12.0. The summed E-state index contributed by atoms with van der Waals surface area (Å²) in [6, 6.07) is 10.8. The number of para-hydroxylation sites is 1. The van der Waals surface area contributed by atoms with Crippen molar-refractivity contribution in [3.8, 4) is 11.8 Å². The van der Waals surface area contributed by atoms with E-state index in [0.717, 1.165) is 18.2 Å². The number of alkyl halides is 3. The van der Waals surface area contributed by atoms with E-state index in [1.807, 2.05) is 6.07 Å². The quantitative estimate of drug-likeness (QED) is 0.892. The van der Waals surface area contributed by atoms with Gasteiger partial charge in [-0.25, -0.2) is 0 Å². The second-order valence-corrected chi connectivity index (χ2v) is 5.04. The van der Waals surface area contributed by atoms with E-state index in [1.54, 1.807) is 12.1 Å². The van der Waals surface area contributed by atoms with Crippen molar-refractivity contribution in [2.45, 2.75) is 6.18 Å². The number of hydrogen-bond acceptors (Lipinski definition) is 3. The third kappa shape index (κ3) is 4.40. The zero-order valence-corrected chi connectivity index (χ0v) is 12.8. The van der Waals surface area contributed by atoms with E-state index in [0.29, 0.717) is 0 Å². The second kappa shape index (κ2) is 7.23. The number of carbonyl (C=O) groups is 1. The van der Waals surface area contributed by atoms with Crippen LogP contribution in [0.25, 0.3) is 0 Å². The zero-order chi connectivity index (χ0) is 17.7. The van der Waals surface area contributed by atoms with Crippen LogP contribution in [0.4, 0.5) is 18.9 Å². The van der Waals surface area contributed by atoms with Gasteiger partial charge in [-0.15, -0.1) is 0 Å². The van der Waals surface area contributed by atoms with Crippen LogP contribution in [0.1, 0.15) is 11.1 Å². The number of anilines is 1. The first-order valence-electron chi connectivity index (χ1n) is 6.60. The number of rotatable bonds is 4. The molecule has 0 bridgehead atoms. The Morgan fingerprint density at radius 2 is 1.96 bits per heavy atom. The molecule has 0 spiro atoms. The topological polar surface area (TPSA) is 62.1 Å². The molecule has 2 aromatic rings. The number of nitrogens with zero attached hydrogens (tertiary/aromatic N) is 1. The number of carbonyl (C=O) groups excluding carboxylic acids is 1. The maximum atomic E-state index is 12.7. The van der Waals surface area contributed by atoms with Crippen molar-refractivity contribution in [2.24, 2.45) is 0 Å². The highest BCUT2D eigenvalue weighted by Crippen LogP contribution is 2.33. The van der Waals surface area contributed by atoms with Gasteiger partial charge >= 0.3 is 6.18 Å². The lowest BCUT2D eigenvalue weighted by molar-refractivity contribution is -0.137. The van der Waals surface area contributed by atoms with Gasteiger partial charge in [0.05, 0.1) is 21.8 Å². The normalized spacial score (nSPS) is 10.8. The first-order valence-corrected chi connectivity index (χ1v) is 6.97. The molecule has 1 N–H and O–H groups in total. The maximum Gasteiger partial charge on any atom is 0.416 e. The molecule has 4 nitrogen and oxygen atoms in total. The Morgan fingerprint density at radius 3 is 2.62 bits per heavy atom. The summed E-state index contributed by atoms with van der Waals surface area (Å²) in [5, 5.41) is 11.1. The number of halogens is 4. The molecule has 1 amide bonds. The highest BCUT2D eigenvalue weighted by atomic mass is 35.5. The van der Waals surface area contributed by atoms with E-state index in [1.165, 1.54) is 12.1 Å². The number of amides is 1. The van der Waals surface area contributed by atoms with E-state index in [4.69, 9.17) is 21.6 Å². The minimum absolute atomic E-state index is 0.0335. The van der Waals surface area contributed by atoms with Crippen LogP contribution in [0, 0.1) is 11.3 Å². The van der Waals surface area contributed by atoms with Gasteiger partial charge in [0.25, 0.3) is 5.91 Å². The van der Waals surface area contributed by atoms with Crippen LogP contribution in [0.2, 0.25) is 5.02 Å². The first-order chi connectivity index (χ1) is 11.3. The third-order valence-electron chi connectivity index (χ3n) is 2.93. The van der Waals surface area contributed by atoms with Crippen LogP contribution in [-0.4, -0.2) is 12.5 Å². The smallest absolute Gasteiger partial charge is 0.416 e. The Bertz CT molecular complexity index is 801. The van der Waals surface area contributed by atoms with E-state index in [2.05, 4.69) is 5.32 Å². The van der Waals surface area contributed by atoms with E-state index < -0.39 is 24.3 Å². The minimum atomic E-state index is -4.55. The molecule has 0 aromatic heterocycles. The molecule has 0 fully saturated rings. The average molecular weight is 355 g/mol. The molecule has 0 saturated heterocycles.